The molecule has 0 unspecified atom stereocenters. The Balaban J connectivity index is 2.05. The Morgan fingerprint density at radius 2 is 1.89 bits per heavy atom. The lowest BCUT2D eigenvalue weighted by Crippen LogP contribution is -2.02. The maximum Gasteiger partial charge on any atom is 0.119 e. The summed E-state index contributed by atoms with van der Waals surface area (Å²) in [7, 11) is 1.66. The SMILES string of the molecule is C=C[C@@H](OCc1ccccc1)c1cccc(OC)c1. The number of benzene rings is 2. The zero-order valence-electron chi connectivity index (χ0n) is 11.1. The number of hydrogen-bond donors (Lipinski definition) is 0. The van der Waals surface area contributed by atoms with Crippen LogP contribution in [0.4, 0.5) is 0 Å². The molecule has 0 radical (unpaired) electrons. The molecular weight excluding hydrogens is 236 g/mol. The zero-order valence-corrected chi connectivity index (χ0v) is 11.1. The van der Waals surface area contributed by atoms with Crippen molar-refractivity contribution >= 4 is 0 Å². The minimum atomic E-state index is -0.129. The third kappa shape index (κ3) is 3.70. The Hall–Kier alpha value is -2.06. The molecule has 0 fully saturated rings. The molecule has 0 aliphatic rings. The van der Waals surface area contributed by atoms with Crippen LogP contribution in [0.5, 0.6) is 5.75 Å². The molecule has 0 saturated heterocycles. The molecule has 0 amide bonds. The van der Waals surface area contributed by atoms with Gasteiger partial charge in [0.1, 0.15) is 11.9 Å². The molecule has 98 valence electrons. The molecule has 2 aromatic carbocycles. The largest absolute Gasteiger partial charge is 0.497 e. The van der Waals surface area contributed by atoms with Gasteiger partial charge in [-0.2, -0.15) is 0 Å². The third-order valence-electron chi connectivity index (χ3n) is 2.91. The van der Waals surface area contributed by atoms with Gasteiger partial charge < -0.3 is 9.47 Å². The van der Waals surface area contributed by atoms with Gasteiger partial charge >= 0.3 is 0 Å². The van der Waals surface area contributed by atoms with Crippen LogP contribution in [0.1, 0.15) is 17.2 Å². The highest BCUT2D eigenvalue weighted by molar-refractivity contribution is 5.31. The van der Waals surface area contributed by atoms with Gasteiger partial charge in [0.25, 0.3) is 0 Å². The zero-order chi connectivity index (χ0) is 13.5. The van der Waals surface area contributed by atoms with Crippen LogP contribution >= 0.6 is 0 Å². The van der Waals surface area contributed by atoms with Crippen molar-refractivity contribution in [1.82, 2.24) is 0 Å². The maximum atomic E-state index is 5.89. The Bertz CT molecular complexity index is 520. The number of rotatable bonds is 6. The summed E-state index contributed by atoms with van der Waals surface area (Å²) in [5.41, 5.74) is 2.20. The fourth-order valence-electron chi connectivity index (χ4n) is 1.88. The smallest absolute Gasteiger partial charge is 0.119 e. The topological polar surface area (TPSA) is 18.5 Å². The van der Waals surface area contributed by atoms with E-state index in [1.54, 1.807) is 13.2 Å². The van der Waals surface area contributed by atoms with Gasteiger partial charge in [-0.25, -0.2) is 0 Å². The first kappa shape index (κ1) is 13.4. The Kier molecular flexibility index (Phi) is 4.76. The molecule has 0 spiro atoms. The number of methoxy groups -OCH3 is 1. The lowest BCUT2D eigenvalue weighted by atomic mass is 10.1. The second-order valence-electron chi connectivity index (χ2n) is 4.23. The lowest BCUT2D eigenvalue weighted by molar-refractivity contribution is 0.0719. The Labute approximate surface area is 114 Å². The van der Waals surface area contributed by atoms with E-state index in [0.717, 1.165) is 16.9 Å². The van der Waals surface area contributed by atoms with Crippen LogP contribution in [0.3, 0.4) is 0 Å². The van der Waals surface area contributed by atoms with Crippen molar-refractivity contribution < 1.29 is 9.47 Å². The molecule has 1 atom stereocenters. The predicted molar refractivity (Wildman–Crippen MR) is 77.2 cm³/mol. The van der Waals surface area contributed by atoms with Crippen LogP contribution in [0.15, 0.2) is 67.3 Å². The molecule has 0 aromatic heterocycles. The van der Waals surface area contributed by atoms with Crippen molar-refractivity contribution in [1.29, 1.82) is 0 Å². The highest BCUT2D eigenvalue weighted by atomic mass is 16.5. The molecular formula is C17H18O2. The molecule has 19 heavy (non-hydrogen) atoms. The van der Waals surface area contributed by atoms with Crippen LogP contribution in [-0.2, 0) is 11.3 Å². The first-order valence-corrected chi connectivity index (χ1v) is 6.25. The monoisotopic (exact) mass is 254 g/mol. The maximum absolute atomic E-state index is 5.89. The quantitative estimate of drug-likeness (QED) is 0.721. The first-order chi connectivity index (χ1) is 9.33. The molecule has 0 aliphatic heterocycles. The summed E-state index contributed by atoms with van der Waals surface area (Å²) in [6.07, 6.45) is 1.67. The molecule has 0 saturated carbocycles. The highest BCUT2D eigenvalue weighted by Gasteiger charge is 2.08. The summed E-state index contributed by atoms with van der Waals surface area (Å²) in [6.45, 7) is 4.40. The van der Waals surface area contributed by atoms with Crippen molar-refractivity contribution in [2.24, 2.45) is 0 Å². The standard InChI is InChI=1S/C17H18O2/c1-3-17(15-10-7-11-16(12-15)18-2)19-13-14-8-5-4-6-9-14/h3-12,17H,1,13H2,2H3/t17-/m1/s1. The van der Waals surface area contributed by atoms with Crippen LogP contribution in [-0.4, -0.2) is 7.11 Å². The van der Waals surface area contributed by atoms with Crippen LogP contribution in [0, 0.1) is 0 Å². The first-order valence-electron chi connectivity index (χ1n) is 6.25. The summed E-state index contributed by atoms with van der Waals surface area (Å²) in [5, 5.41) is 0. The van der Waals surface area contributed by atoms with E-state index in [4.69, 9.17) is 9.47 Å². The van der Waals surface area contributed by atoms with Gasteiger partial charge in [-0.05, 0) is 23.3 Å². The summed E-state index contributed by atoms with van der Waals surface area (Å²) < 4.78 is 11.1. The van der Waals surface area contributed by atoms with Crippen LogP contribution in [0.25, 0.3) is 0 Å². The number of ether oxygens (including phenoxy) is 2. The fourth-order valence-corrected chi connectivity index (χ4v) is 1.88. The van der Waals surface area contributed by atoms with Crippen molar-refractivity contribution in [3.8, 4) is 5.75 Å². The highest BCUT2D eigenvalue weighted by Crippen LogP contribution is 2.23. The second-order valence-corrected chi connectivity index (χ2v) is 4.23. The van der Waals surface area contributed by atoms with Crippen LogP contribution < -0.4 is 4.74 Å². The second kappa shape index (κ2) is 6.76. The van der Waals surface area contributed by atoms with Crippen LogP contribution in [0.2, 0.25) is 0 Å². The van der Waals surface area contributed by atoms with E-state index in [9.17, 15) is 0 Å². The summed E-state index contributed by atoms with van der Waals surface area (Å²) in [5.74, 6) is 0.827. The molecule has 2 heteroatoms. The van der Waals surface area contributed by atoms with E-state index in [2.05, 4.69) is 6.58 Å². The van der Waals surface area contributed by atoms with E-state index in [0.29, 0.717) is 6.61 Å². The third-order valence-corrected chi connectivity index (χ3v) is 2.91. The van der Waals surface area contributed by atoms with E-state index >= 15 is 0 Å². The van der Waals surface area contributed by atoms with Gasteiger partial charge in [0.2, 0.25) is 0 Å². The van der Waals surface area contributed by atoms with Crippen molar-refractivity contribution in [2.45, 2.75) is 12.7 Å². The molecule has 2 rings (SSSR count). The van der Waals surface area contributed by atoms with Crippen molar-refractivity contribution in [3.05, 3.63) is 78.4 Å². The minimum Gasteiger partial charge on any atom is -0.497 e. The molecule has 0 N–H and O–H groups in total. The van der Waals surface area contributed by atoms with E-state index in [1.807, 2.05) is 54.6 Å². The van der Waals surface area contributed by atoms with E-state index in [-0.39, 0.29) is 6.10 Å². The normalized spacial score (nSPS) is 11.8. The van der Waals surface area contributed by atoms with Gasteiger partial charge in [-0.3, -0.25) is 0 Å². The van der Waals surface area contributed by atoms with Gasteiger partial charge in [0, 0.05) is 0 Å². The molecule has 2 aromatic rings. The minimum absolute atomic E-state index is 0.129. The average Bonchev–Trinajstić information content (AvgIpc) is 2.49. The van der Waals surface area contributed by atoms with Crippen molar-refractivity contribution in [2.75, 3.05) is 7.11 Å². The van der Waals surface area contributed by atoms with E-state index in [1.165, 1.54) is 0 Å². The fraction of sp³-hybridized carbons (Fsp3) is 0.176. The van der Waals surface area contributed by atoms with Gasteiger partial charge in [-0.15, -0.1) is 6.58 Å². The van der Waals surface area contributed by atoms with E-state index < -0.39 is 0 Å². The molecule has 0 heterocycles. The molecule has 0 bridgehead atoms. The molecule has 2 nitrogen and oxygen atoms in total. The summed E-state index contributed by atoms with van der Waals surface area (Å²) in [4.78, 5) is 0. The summed E-state index contributed by atoms with van der Waals surface area (Å²) in [6, 6.07) is 18.0. The van der Waals surface area contributed by atoms with Gasteiger partial charge in [0.15, 0.2) is 0 Å². The van der Waals surface area contributed by atoms with Gasteiger partial charge in [0.05, 0.1) is 13.7 Å². The lowest BCUT2D eigenvalue weighted by Gasteiger charge is -2.15. The Morgan fingerprint density at radius 3 is 2.58 bits per heavy atom. The van der Waals surface area contributed by atoms with Gasteiger partial charge in [-0.1, -0.05) is 48.5 Å². The number of hydrogen-bond acceptors (Lipinski definition) is 2. The summed E-state index contributed by atoms with van der Waals surface area (Å²) >= 11 is 0. The average molecular weight is 254 g/mol. The molecule has 0 aliphatic carbocycles. The van der Waals surface area contributed by atoms with Crippen molar-refractivity contribution in [3.63, 3.8) is 0 Å². The predicted octanol–water partition coefficient (Wildman–Crippen LogP) is 4.14. The Morgan fingerprint density at radius 1 is 1.11 bits per heavy atom.